The molecule has 2 unspecified atom stereocenters. The molecule has 0 aromatic heterocycles. The quantitative estimate of drug-likeness (QED) is 0.806. The predicted molar refractivity (Wildman–Crippen MR) is 71.0 cm³/mol. The lowest BCUT2D eigenvalue weighted by Gasteiger charge is -2.45. The third-order valence-electron chi connectivity index (χ3n) is 5.74. The van der Waals surface area contributed by atoms with Crippen LogP contribution in [0.1, 0.15) is 44.9 Å². The molecule has 0 aromatic rings. The molecule has 0 spiro atoms. The van der Waals surface area contributed by atoms with E-state index >= 15 is 0 Å². The molecule has 0 bridgehead atoms. The summed E-state index contributed by atoms with van der Waals surface area (Å²) in [6.07, 6.45) is 9.67. The van der Waals surface area contributed by atoms with Crippen LogP contribution in [0.25, 0.3) is 0 Å². The molecular formula is C14H27N3. The second-order valence-electron chi connectivity index (χ2n) is 6.30. The molecule has 1 saturated carbocycles. The van der Waals surface area contributed by atoms with Crippen molar-refractivity contribution in [2.24, 2.45) is 5.73 Å². The first-order valence-electron chi connectivity index (χ1n) is 7.45. The van der Waals surface area contributed by atoms with Crippen LogP contribution < -0.4 is 5.73 Å². The highest BCUT2D eigenvalue weighted by molar-refractivity contribution is 5.10. The van der Waals surface area contributed by atoms with E-state index < -0.39 is 0 Å². The fraction of sp³-hybridized carbons (Fsp3) is 1.00. The smallest absolute Gasteiger partial charge is 0.0498 e. The van der Waals surface area contributed by atoms with Gasteiger partial charge in [0.05, 0.1) is 0 Å². The van der Waals surface area contributed by atoms with Crippen LogP contribution >= 0.6 is 0 Å². The first-order chi connectivity index (χ1) is 8.28. The van der Waals surface area contributed by atoms with E-state index in [9.17, 15) is 0 Å². The minimum Gasteiger partial charge on any atom is -0.329 e. The van der Waals surface area contributed by atoms with E-state index in [1.165, 1.54) is 58.0 Å². The van der Waals surface area contributed by atoms with Crippen LogP contribution in [0.2, 0.25) is 0 Å². The summed E-state index contributed by atoms with van der Waals surface area (Å²) >= 11 is 0. The SMILES string of the molecule is CN(C1CCCC1)C1(CN)CCN2CCCC21. The largest absolute Gasteiger partial charge is 0.329 e. The highest BCUT2D eigenvalue weighted by Crippen LogP contribution is 2.41. The van der Waals surface area contributed by atoms with Crippen molar-refractivity contribution in [2.45, 2.75) is 62.6 Å². The maximum absolute atomic E-state index is 6.22. The lowest BCUT2D eigenvalue weighted by Crippen LogP contribution is -2.60. The van der Waals surface area contributed by atoms with Crippen LogP contribution in [0.5, 0.6) is 0 Å². The first kappa shape index (κ1) is 11.9. The van der Waals surface area contributed by atoms with Gasteiger partial charge in [-0.05, 0) is 45.7 Å². The molecule has 3 nitrogen and oxygen atoms in total. The lowest BCUT2D eigenvalue weighted by molar-refractivity contribution is 0.0533. The van der Waals surface area contributed by atoms with Crippen LogP contribution in [0.3, 0.4) is 0 Å². The number of hydrogen-bond donors (Lipinski definition) is 1. The van der Waals surface area contributed by atoms with Crippen molar-refractivity contribution < 1.29 is 0 Å². The molecule has 0 aromatic carbocycles. The Balaban J connectivity index is 1.80. The Bertz CT molecular complexity index is 275. The molecule has 3 rings (SSSR count). The van der Waals surface area contributed by atoms with Crippen molar-refractivity contribution in [3.63, 3.8) is 0 Å². The van der Waals surface area contributed by atoms with Gasteiger partial charge < -0.3 is 5.73 Å². The molecule has 17 heavy (non-hydrogen) atoms. The summed E-state index contributed by atoms with van der Waals surface area (Å²) in [4.78, 5) is 5.38. The maximum atomic E-state index is 6.22. The Morgan fingerprint density at radius 1 is 1.18 bits per heavy atom. The molecule has 2 N–H and O–H groups in total. The van der Waals surface area contributed by atoms with Crippen LogP contribution in [0.15, 0.2) is 0 Å². The van der Waals surface area contributed by atoms with Gasteiger partial charge in [-0.1, -0.05) is 12.8 Å². The Hall–Kier alpha value is -0.120. The van der Waals surface area contributed by atoms with Gasteiger partial charge >= 0.3 is 0 Å². The van der Waals surface area contributed by atoms with Gasteiger partial charge in [-0.25, -0.2) is 0 Å². The van der Waals surface area contributed by atoms with Gasteiger partial charge in [-0.2, -0.15) is 0 Å². The van der Waals surface area contributed by atoms with Gasteiger partial charge in [0.1, 0.15) is 0 Å². The zero-order valence-electron chi connectivity index (χ0n) is 11.2. The van der Waals surface area contributed by atoms with E-state index in [-0.39, 0.29) is 0 Å². The van der Waals surface area contributed by atoms with Crippen molar-refractivity contribution in [1.82, 2.24) is 9.80 Å². The summed E-state index contributed by atoms with van der Waals surface area (Å²) in [5, 5.41) is 0. The van der Waals surface area contributed by atoms with Gasteiger partial charge in [0, 0.05) is 30.7 Å². The average Bonchev–Trinajstić information content (AvgIpc) is 3.06. The first-order valence-corrected chi connectivity index (χ1v) is 7.45. The van der Waals surface area contributed by atoms with E-state index in [4.69, 9.17) is 5.73 Å². The zero-order chi connectivity index (χ0) is 11.9. The van der Waals surface area contributed by atoms with E-state index in [2.05, 4.69) is 16.8 Å². The van der Waals surface area contributed by atoms with Gasteiger partial charge in [0.2, 0.25) is 0 Å². The third-order valence-corrected chi connectivity index (χ3v) is 5.74. The molecule has 3 fully saturated rings. The number of hydrogen-bond acceptors (Lipinski definition) is 3. The molecule has 2 atom stereocenters. The number of fused-ring (bicyclic) bond motifs is 1. The summed E-state index contributed by atoms with van der Waals surface area (Å²) in [5.41, 5.74) is 6.52. The maximum Gasteiger partial charge on any atom is 0.0498 e. The van der Waals surface area contributed by atoms with E-state index in [0.717, 1.165) is 18.6 Å². The summed E-state index contributed by atoms with van der Waals surface area (Å²) in [5.74, 6) is 0. The average molecular weight is 237 g/mol. The molecule has 0 amide bonds. The van der Waals surface area contributed by atoms with Gasteiger partial charge in [0.25, 0.3) is 0 Å². The second kappa shape index (κ2) is 4.52. The zero-order valence-corrected chi connectivity index (χ0v) is 11.2. The topological polar surface area (TPSA) is 32.5 Å². The molecule has 0 radical (unpaired) electrons. The van der Waals surface area contributed by atoms with Crippen LogP contribution in [0.4, 0.5) is 0 Å². The molecule has 3 heteroatoms. The van der Waals surface area contributed by atoms with E-state index in [0.29, 0.717) is 5.54 Å². The number of nitrogens with two attached hydrogens (primary N) is 1. The molecular weight excluding hydrogens is 210 g/mol. The van der Waals surface area contributed by atoms with Crippen molar-refractivity contribution in [1.29, 1.82) is 0 Å². The highest BCUT2D eigenvalue weighted by Gasteiger charge is 2.52. The predicted octanol–water partition coefficient (Wildman–Crippen LogP) is 1.43. The van der Waals surface area contributed by atoms with Gasteiger partial charge in [0.15, 0.2) is 0 Å². The van der Waals surface area contributed by atoms with Crippen LogP contribution in [-0.4, -0.2) is 54.1 Å². The fourth-order valence-electron chi connectivity index (χ4n) is 4.65. The Labute approximate surface area is 105 Å². The van der Waals surface area contributed by atoms with Crippen LogP contribution in [-0.2, 0) is 0 Å². The van der Waals surface area contributed by atoms with Crippen molar-refractivity contribution in [2.75, 3.05) is 26.7 Å². The molecule has 1 aliphatic carbocycles. The molecule has 2 aliphatic heterocycles. The molecule has 98 valence electrons. The number of nitrogens with zero attached hydrogens (tertiary/aromatic N) is 2. The minimum atomic E-state index is 0.297. The summed E-state index contributed by atoms with van der Waals surface area (Å²) in [6.45, 7) is 3.44. The summed E-state index contributed by atoms with van der Waals surface area (Å²) in [6, 6.07) is 1.55. The summed E-state index contributed by atoms with van der Waals surface area (Å²) in [7, 11) is 2.35. The minimum absolute atomic E-state index is 0.297. The Kier molecular flexibility index (Phi) is 3.18. The van der Waals surface area contributed by atoms with Gasteiger partial charge in [-0.3, -0.25) is 9.80 Å². The van der Waals surface area contributed by atoms with Crippen molar-refractivity contribution >= 4 is 0 Å². The fourth-order valence-corrected chi connectivity index (χ4v) is 4.65. The Morgan fingerprint density at radius 3 is 2.65 bits per heavy atom. The summed E-state index contributed by atoms with van der Waals surface area (Å²) < 4.78 is 0. The lowest BCUT2D eigenvalue weighted by atomic mass is 9.85. The number of rotatable bonds is 3. The third kappa shape index (κ3) is 1.74. The van der Waals surface area contributed by atoms with Crippen molar-refractivity contribution in [3.8, 4) is 0 Å². The van der Waals surface area contributed by atoms with E-state index in [1.54, 1.807) is 0 Å². The highest BCUT2D eigenvalue weighted by atomic mass is 15.3. The molecule has 2 heterocycles. The van der Waals surface area contributed by atoms with Crippen LogP contribution in [0, 0.1) is 0 Å². The Morgan fingerprint density at radius 2 is 1.94 bits per heavy atom. The molecule has 2 saturated heterocycles. The monoisotopic (exact) mass is 237 g/mol. The standard InChI is InChI=1S/C14H27N3/c1-16(12-5-2-3-6-12)14(11-15)8-10-17-9-4-7-13(14)17/h12-13H,2-11,15H2,1H3. The normalized spacial score (nSPS) is 39.4. The van der Waals surface area contributed by atoms with E-state index in [1.807, 2.05) is 0 Å². The number of likely N-dealkylation sites (N-methyl/N-ethyl adjacent to an activating group) is 1. The molecule has 3 aliphatic rings. The van der Waals surface area contributed by atoms with Gasteiger partial charge in [-0.15, -0.1) is 0 Å². The van der Waals surface area contributed by atoms with Crippen molar-refractivity contribution in [3.05, 3.63) is 0 Å². The second-order valence-corrected chi connectivity index (χ2v) is 6.30.